The minimum atomic E-state index is -4.72. The van der Waals surface area contributed by atoms with Crippen molar-refractivity contribution in [1.82, 2.24) is 5.32 Å². The Morgan fingerprint density at radius 1 is 1.18 bits per heavy atom. The zero-order valence-corrected chi connectivity index (χ0v) is 20.0. The molecule has 34 heavy (non-hydrogen) atoms. The highest BCUT2D eigenvalue weighted by molar-refractivity contribution is 6.31. The lowest BCUT2D eigenvalue weighted by atomic mass is 9.63. The van der Waals surface area contributed by atoms with Gasteiger partial charge in [-0.15, -0.1) is 0 Å². The monoisotopic (exact) mass is 516 g/mol. The van der Waals surface area contributed by atoms with Gasteiger partial charge in [-0.05, 0) is 41.7 Å². The Labute approximate surface area is 204 Å². The number of alkyl halides is 3. The molecule has 0 unspecified atom stereocenters. The first-order chi connectivity index (χ1) is 15.6. The van der Waals surface area contributed by atoms with Gasteiger partial charge >= 0.3 is 12.1 Å². The van der Waals surface area contributed by atoms with E-state index >= 15 is 4.39 Å². The van der Waals surface area contributed by atoms with Crippen LogP contribution in [0.4, 0.5) is 17.6 Å². The summed E-state index contributed by atoms with van der Waals surface area (Å²) < 4.78 is 55.1. The van der Waals surface area contributed by atoms with Crippen LogP contribution in [0.2, 0.25) is 10.0 Å². The summed E-state index contributed by atoms with van der Waals surface area (Å²) in [6, 6.07) is 6.48. The molecule has 2 N–H and O–H groups in total. The molecule has 0 aliphatic carbocycles. The Hall–Kier alpha value is -2.34. The van der Waals surface area contributed by atoms with Gasteiger partial charge in [-0.25, -0.2) is 4.39 Å². The third-order valence-corrected chi connectivity index (χ3v) is 6.60. The first kappa shape index (κ1) is 26.3. The molecule has 1 saturated heterocycles. The van der Waals surface area contributed by atoms with Crippen LogP contribution in [-0.2, 0) is 16.4 Å². The molecule has 0 spiro atoms. The number of rotatable bonds is 4. The molecule has 2 aromatic carbocycles. The summed E-state index contributed by atoms with van der Waals surface area (Å²) in [5.74, 6) is -3.40. The molecule has 0 aromatic heterocycles. The SMILES string of the molecule is CC(C)(C)C[C@@H]1N[C@@H](C(=O)O)[C@H](c2ccc(C(F)(F)F)c(Cl)c2)[C@@]1(C#N)c1ccc(Cl)cc1F. The molecule has 1 heterocycles. The molecule has 1 fully saturated rings. The molecular formula is C24H22Cl2F4N2O2. The third kappa shape index (κ3) is 4.74. The first-order valence-corrected chi connectivity index (χ1v) is 11.1. The van der Waals surface area contributed by atoms with Crippen LogP contribution in [0.5, 0.6) is 0 Å². The minimum Gasteiger partial charge on any atom is -0.480 e. The van der Waals surface area contributed by atoms with Crippen molar-refractivity contribution in [3.05, 3.63) is 69.0 Å². The predicted molar refractivity (Wildman–Crippen MR) is 120 cm³/mol. The van der Waals surface area contributed by atoms with Crippen LogP contribution < -0.4 is 5.32 Å². The number of nitrogens with one attached hydrogen (secondary N) is 1. The second-order valence-electron chi connectivity index (χ2n) is 9.62. The number of nitrogens with zero attached hydrogens (tertiary/aromatic N) is 1. The van der Waals surface area contributed by atoms with E-state index in [9.17, 15) is 28.3 Å². The highest BCUT2D eigenvalue weighted by atomic mass is 35.5. The van der Waals surface area contributed by atoms with Crippen LogP contribution in [0.25, 0.3) is 0 Å². The predicted octanol–water partition coefficient (Wildman–Crippen LogP) is 6.56. The third-order valence-electron chi connectivity index (χ3n) is 6.06. The van der Waals surface area contributed by atoms with Crippen molar-refractivity contribution in [2.75, 3.05) is 0 Å². The number of nitriles is 1. The number of hydrogen-bond donors (Lipinski definition) is 2. The summed E-state index contributed by atoms with van der Waals surface area (Å²) in [6.07, 6.45) is -4.45. The lowest BCUT2D eigenvalue weighted by Gasteiger charge is -2.37. The lowest BCUT2D eigenvalue weighted by Crippen LogP contribution is -2.44. The second kappa shape index (κ2) is 9.03. The zero-order chi connectivity index (χ0) is 25.6. The van der Waals surface area contributed by atoms with Gasteiger partial charge in [-0.2, -0.15) is 18.4 Å². The standard InChI is InChI=1S/C24H22Cl2F4N2O2/c1-22(2,3)10-18-23(11-31,15-7-5-13(25)9-17(15)27)19(20(32-18)21(33)34)12-4-6-14(16(26)8-12)24(28,29)30/h4-9,18-20,32H,10H2,1-3H3,(H,33,34)/t18-,19-,20+,23-/m0/s1. The number of carboxylic acids is 1. The van der Waals surface area contributed by atoms with Gasteiger partial charge in [0.2, 0.25) is 0 Å². The van der Waals surface area contributed by atoms with Gasteiger partial charge in [-0.1, -0.05) is 56.1 Å². The molecule has 1 aliphatic heterocycles. The molecule has 4 nitrogen and oxygen atoms in total. The van der Waals surface area contributed by atoms with Gasteiger partial charge in [0.1, 0.15) is 17.3 Å². The van der Waals surface area contributed by atoms with Crippen molar-refractivity contribution in [3.8, 4) is 6.07 Å². The number of halogens is 6. The van der Waals surface area contributed by atoms with Crippen molar-refractivity contribution >= 4 is 29.2 Å². The number of carboxylic acid groups (broad SMARTS) is 1. The fourth-order valence-corrected chi connectivity index (χ4v) is 5.22. The van der Waals surface area contributed by atoms with Gasteiger partial charge in [0.25, 0.3) is 0 Å². The molecule has 0 amide bonds. The summed E-state index contributed by atoms with van der Waals surface area (Å²) in [5.41, 5.74) is -3.30. The molecule has 4 atom stereocenters. The van der Waals surface area contributed by atoms with Crippen molar-refractivity contribution in [2.45, 2.75) is 56.8 Å². The summed E-state index contributed by atoms with van der Waals surface area (Å²) in [5, 5.41) is 22.9. The van der Waals surface area contributed by atoms with Gasteiger partial charge in [0.15, 0.2) is 0 Å². The molecule has 0 saturated carbocycles. The van der Waals surface area contributed by atoms with Gasteiger partial charge < -0.3 is 5.11 Å². The van der Waals surface area contributed by atoms with Crippen LogP contribution in [0.3, 0.4) is 0 Å². The summed E-state index contributed by atoms with van der Waals surface area (Å²) in [7, 11) is 0. The van der Waals surface area contributed by atoms with E-state index in [1.54, 1.807) is 0 Å². The van der Waals surface area contributed by atoms with Gasteiger partial charge in [0.05, 0.1) is 16.7 Å². The van der Waals surface area contributed by atoms with Crippen molar-refractivity contribution < 1.29 is 27.5 Å². The Bertz CT molecular complexity index is 1160. The maximum absolute atomic E-state index is 15.3. The van der Waals surface area contributed by atoms with E-state index < -0.39 is 57.4 Å². The Kier molecular flexibility index (Phi) is 6.97. The van der Waals surface area contributed by atoms with E-state index in [0.717, 1.165) is 24.3 Å². The second-order valence-corrected chi connectivity index (χ2v) is 10.5. The van der Waals surface area contributed by atoms with E-state index in [2.05, 4.69) is 11.4 Å². The lowest BCUT2D eigenvalue weighted by molar-refractivity contribution is -0.140. The maximum Gasteiger partial charge on any atom is 0.417 e. The molecule has 3 rings (SSSR count). The van der Waals surface area contributed by atoms with E-state index in [4.69, 9.17) is 23.2 Å². The summed E-state index contributed by atoms with van der Waals surface area (Å²) in [6.45, 7) is 5.65. The van der Waals surface area contributed by atoms with Crippen LogP contribution in [-0.4, -0.2) is 23.2 Å². The smallest absolute Gasteiger partial charge is 0.417 e. The molecular weight excluding hydrogens is 495 g/mol. The Morgan fingerprint density at radius 3 is 2.29 bits per heavy atom. The highest BCUT2D eigenvalue weighted by Gasteiger charge is 2.60. The van der Waals surface area contributed by atoms with Crippen LogP contribution in [0.1, 0.15) is 49.8 Å². The fourth-order valence-electron chi connectivity index (χ4n) is 4.77. The van der Waals surface area contributed by atoms with E-state index in [1.807, 2.05) is 20.8 Å². The maximum atomic E-state index is 15.3. The summed E-state index contributed by atoms with van der Waals surface area (Å²) >= 11 is 11.8. The Balaban J connectivity index is 2.34. The number of aliphatic carboxylic acids is 1. The van der Waals surface area contributed by atoms with Gasteiger partial charge in [0, 0.05) is 22.5 Å². The number of benzene rings is 2. The highest BCUT2D eigenvalue weighted by Crippen LogP contribution is 2.52. The van der Waals surface area contributed by atoms with Crippen molar-refractivity contribution in [1.29, 1.82) is 5.26 Å². The molecule has 1 aliphatic rings. The quantitative estimate of drug-likeness (QED) is 0.451. The van der Waals surface area contributed by atoms with Crippen LogP contribution in [0, 0.1) is 22.6 Å². The average Bonchev–Trinajstić information content (AvgIpc) is 3.00. The van der Waals surface area contributed by atoms with E-state index in [0.29, 0.717) is 0 Å². The molecule has 182 valence electrons. The Morgan fingerprint density at radius 2 is 1.82 bits per heavy atom. The normalized spacial score (nSPS) is 25.2. The molecule has 0 radical (unpaired) electrons. The number of hydrogen-bond acceptors (Lipinski definition) is 3. The van der Waals surface area contributed by atoms with E-state index in [1.165, 1.54) is 12.1 Å². The topological polar surface area (TPSA) is 73.1 Å². The zero-order valence-electron chi connectivity index (χ0n) is 18.5. The van der Waals surface area contributed by atoms with Gasteiger partial charge in [-0.3, -0.25) is 10.1 Å². The number of carbonyl (C=O) groups is 1. The molecule has 10 heteroatoms. The van der Waals surface area contributed by atoms with E-state index in [-0.39, 0.29) is 22.6 Å². The average molecular weight is 517 g/mol. The minimum absolute atomic E-state index is 0.0743. The van der Waals surface area contributed by atoms with Crippen molar-refractivity contribution in [3.63, 3.8) is 0 Å². The molecule has 0 bridgehead atoms. The first-order valence-electron chi connectivity index (χ1n) is 10.3. The molecule has 2 aromatic rings. The largest absolute Gasteiger partial charge is 0.480 e. The fraction of sp³-hybridized carbons (Fsp3) is 0.417. The van der Waals surface area contributed by atoms with Crippen LogP contribution >= 0.6 is 23.2 Å². The van der Waals surface area contributed by atoms with Crippen LogP contribution in [0.15, 0.2) is 36.4 Å². The van der Waals surface area contributed by atoms with Crippen molar-refractivity contribution in [2.24, 2.45) is 5.41 Å². The summed E-state index contributed by atoms with van der Waals surface area (Å²) in [4.78, 5) is 12.3.